The lowest BCUT2D eigenvalue weighted by molar-refractivity contribution is -0.578. The normalized spacial score (nSPS) is 10.7. The van der Waals surface area contributed by atoms with Gasteiger partial charge >= 0.3 is 5.69 Å². The molecule has 0 unspecified atom stereocenters. The van der Waals surface area contributed by atoms with E-state index < -0.39 is 0 Å². The van der Waals surface area contributed by atoms with Crippen molar-refractivity contribution in [3.63, 3.8) is 0 Å². The van der Waals surface area contributed by atoms with Crippen LogP contribution < -0.4 is 4.57 Å². The first-order chi connectivity index (χ1) is 16.2. The molecule has 0 fully saturated rings. The lowest BCUT2D eigenvalue weighted by atomic mass is 9.98. The molecule has 0 N–H and O–H groups in total. The van der Waals surface area contributed by atoms with E-state index in [4.69, 9.17) is 0 Å². The van der Waals surface area contributed by atoms with Gasteiger partial charge in [0.2, 0.25) is 11.4 Å². The van der Waals surface area contributed by atoms with Crippen LogP contribution in [0.15, 0.2) is 127 Å². The molecule has 4 aromatic carbocycles. The topological polar surface area (TPSA) is 47.0 Å². The van der Waals surface area contributed by atoms with Gasteiger partial charge in [0.1, 0.15) is 0 Å². The third kappa shape index (κ3) is 4.02. The van der Waals surface area contributed by atoms with E-state index in [1.54, 1.807) is 18.2 Å². The number of pyridine rings is 1. The summed E-state index contributed by atoms with van der Waals surface area (Å²) in [6, 6.07) is 41.3. The van der Waals surface area contributed by atoms with E-state index >= 15 is 0 Å². The minimum absolute atomic E-state index is 0.0596. The smallest absolute Gasteiger partial charge is 0.258 e. The molecule has 0 bridgehead atoms. The zero-order valence-corrected chi connectivity index (χ0v) is 17.8. The van der Waals surface area contributed by atoms with E-state index in [2.05, 4.69) is 24.3 Å². The summed E-state index contributed by atoms with van der Waals surface area (Å²) in [6.07, 6.45) is 0. The first kappa shape index (κ1) is 20.3. The van der Waals surface area contributed by atoms with E-state index in [0.29, 0.717) is 5.69 Å². The fourth-order valence-electron chi connectivity index (χ4n) is 4.10. The highest BCUT2D eigenvalue weighted by atomic mass is 16.6. The molecule has 5 rings (SSSR count). The van der Waals surface area contributed by atoms with Crippen LogP contribution in [-0.4, -0.2) is 4.92 Å². The van der Waals surface area contributed by atoms with Gasteiger partial charge in [-0.25, -0.2) is 0 Å². The summed E-state index contributed by atoms with van der Waals surface area (Å²) in [5, 5.41) is 12.0. The summed E-state index contributed by atoms with van der Waals surface area (Å²) in [6.45, 7) is 0. The number of aromatic nitrogens is 1. The minimum Gasteiger partial charge on any atom is -0.258 e. The van der Waals surface area contributed by atoms with Crippen molar-refractivity contribution in [3.8, 4) is 39.3 Å². The molecule has 0 amide bonds. The van der Waals surface area contributed by atoms with E-state index in [9.17, 15) is 10.1 Å². The third-order valence-corrected chi connectivity index (χ3v) is 5.63. The van der Waals surface area contributed by atoms with E-state index in [1.807, 2.05) is 89.5 Å². The maximum absolute atomic E-state index is 12.0. The Kier molecular flexibility index (Phi) is 5.48. The van der Waals surface area contributed by atoms with Gasteiger partial charge in [-0.05, 0) is 35.4 Å². The third-order valence-electron chi connectivity index (χ3n) is 5.63. The van der Waals surface area contributed by atoms with Crippen molar-refractivity contribution in [1.82, 2.24) is 0 Å². The summed E-state index contributed by atoms with van der Waals surface area (Å²) in [4.78, 5) is 11.6. The molecule has 0 saturated heterocycles. The van der Waals surface area contributed by atoms with Crippen molar-refractivity contribution in [2.45, 2.75) is 0 Å². The summed E-state index contributed by atoms with van der Waals surface area (Å²) in [7, 11) is 0. The molecule has 158 valence electrons. The Morgan fingerprint density at radius 1 is 0.515 bits per heavy atom. The molecule has 33 heavy (non-hydrogen) atoms. The monoisotopic (exact) mass is 429 g/mol. The Bertz CT molecular complexity index is 1360. The van der Waals surface area contributed by atoms with Crippen LogP contribution in [0.3, 0.4) is 0 Å². The Balaban J connectivity index is 1.92. The first-order valence-electron chi connectivity index (χ1n) is 10.7. The number of hydrogen-bond donors (Lipinski definition) is 0. The minimum atomic E-state index is -0.322. The number of nitrogens with zero attached hydrogens (tertiary/aromatic N) is 2. The highest BCUT2D eigenvalue weighted by Crippen LogP contribution is 2.32. The summed E-state index contributed by atoms with van der Waals surface area (Å²) in [5.41, 5.74) is 6.43. The maximum Gasteiger partial charge on any atom is 0.340 e. The van der Waals surface area contributed by atoms with Crippen LogP contribution in [0, 0.1) is 10.1 Å². The first-order valence-corrected chi connectivity index (χ1v) is 10.7. The lowest BCUT2D eigenvalue weighted by Gasteiger charge is -2.12. The van der Waals surface area contributed by atoms with E-state index in [0.717, 1.165) is 33.6 Å². The molecule has 0 aliphatic heterocycles. The molecule has 0 saturated carbocycles. The second-order valence-corrected chi connectivity index (χ2v) is 7.69. The predicted octanol–water partition coefficient (Wildman–Crippen LogP) is 6.87. The van der Waals surface area contributed by atoms with Crippen molar-refractivity contribution >= 4 is 5.69 Å². The van der Waals surface area contributed by atoms with E-state index in [1.165, 1.54) is 0 Å². The van der Waals surface area contributed by atoms with Gasteiger partial charge in [-0.1, -0.05) is 78.9 Å². The van der Waals surface area contributed by atoms with Crippen LogP contribution in [0.1, 0.15) is 0 Å². The van der Waals surface area contributed by atoms with Gasteiger partial charge in [0.15, 0.2) is 0 Å². The fraction of sp³-hybridized carbons (Fsp3) is 0. The van der Waals surface area contributed by atoms with Crippen LogP contribution in [0.25, 0.3) is 39.3 Å². The van der Waals surface area contributed by atoms with Gasteiger partial charge in [0.05, 0.1) is 4.92 Å². The average Bonchev–Trinajstić information content (AvgIpc) is 2.89. The number of nitro benzene ring substituents is 1. The van der Waals surface area contributed by atoms with Crippen molar-refractivity contribution in [2.24, 2.45) is 0 Å². The molecule has 0 radical (unpaired) electrons. The standard InChI is InChI=1S/C29H21N2O2/c32-31(33)27-19-11-10-18-26(27)30-28(23-14-6-2-7-15-23)20-25(22-12-4-1-5-13-22)21-29(30)24-16-8-3-9-17-24/h1-21H/q+1. The van der Waals surface area contributed by atoms with E-state index in [-0.39, 0.29) is 10.6 Å². The molecular formula is C29H21N2O2+. The van der Waals surface area contributed by atoms with Crippen LogP contribution in [0.4, 0.5) is 5.69 Å². The molecule has 0 spiro atoms. The van der Waals surface area contributed by atoms with Crippen molar-refractivity contribution in [1.29, 1.82) is 0 Å². The number of rotatable bonds is 5. The Hall–Kier alpha value is -4.57. The van der Waals surface area contributed by atoms with Gasteiger partial charge in [0.25, 0.3) is 5.69 Å². The number of nitro groups is 1. The maximum atomic E-state index is 12.0. The highest BCUT2D eigenvalue weighted by Gasteiger charge is 2.30. The molecule has 0 aliphatic rings. The van der Waals surface area contributed by atoms with Crippen LogP contribution in [0.2, 0.25) is 0 Å². The van der Waals surface area contributed by atoms with Crippen molar-refractivity contribution in [2.75, 3.05) is 0 Å². The molecule has 5 aromatic rings. The highest BCUT2D eigenvalue weighted by molar-refractivity contribution is 5.74. The summed E-state index contributed by atoms with van der Waals surface area (Å²) in [5.74, 6) is 0. The Morgan fingerprint density at radius 2 is 0.939 bits per heavy atom. The SMILES string of the molecule is O=[N+]([O-])c1ccccc1-[n+]1c(-c2ccccc2)cc(-c2ccccc2)cc1-c1ccccc1. The van der Waals surface area contributed by atoms with Gasteiger partial charge < -0.3 is 0 Å². The Labute approximate surface area is 192 Å². The molecular weight excluding hydrogens is 408 g/mol. The molecule has 0 atom stereocenters. The van der Waals surface area contributed by atoms with Gasteiger partial charge in [0, 0.05) is 35.4 Å². The zero-order valence-electron chi connectivity index (χ0n) is 17.8. The van der Waals surface area contributed by atoms with Crippen molar-refractivity contribution < 1.29 is 9.49 Å². The Morgan fingerprint density at radius 3 is 1.42 bits per heavy atom. The van der Waals surface area contributed by atoms with Crippen molar-refractivity contribution in [3.05, 3.63) is 138 Å². The van der Waals surface area contributed by atoms with Gasteiger partial charge in [-0.3, -0.25) is 10.1 Å². The second kappa shape index (κ2) is 8.89. The fourth-order valence-corrected chi connectivity index (χ4v) is 4.10. The van der Waals surface area contributed by atoms with Gasteiger partial charge in [-0.2, -0.15) is 0 Å². The molecule has 0 aliphatic carbocycles. The molecule has 1 heterocycles. The van der Waals surface area contributed by atoms with Gasteiger partial charge in [-0.15, -0.1) is 4.57 Å². The predicted molar refractivity (Wildman–Crippen MR) is 131 cm³/mol. The summed E-state index contributed by atoms with van der Waals surface area (Å²) < 4.78 is 2.00. The van der Waals surface area contributed by atoms with Crippen LogP contribution in [0.5, 0.6) is 0 Å². The quantitative estimate of drug-likeness (QED) is 0.174. The second-order valence-electron chi connectivity index (χ2n) is 7.69. The zero-order chi connectivity index (χ0) is 22.6. The number of benzene rings is 4. The molecule has 4 heteroatoms. The van der Waals surface area contributed by atoms with Crippen LogP contribution >= 0.6 is 0 Å². The summed E-state index contributed by atoms with van der Waals surface area (Å²) >= 11 is 0. The molecule has 4 nitrogen and oxygen atoms in total. The number of para-hydroxylation sites is 2. The lowest BCUT2D eigenvalue weighted by Crippen LogP contribution is -2.37. The van der Waals surface area contributed by atoms with Crippen LogP contribution in [-0.2, 0) is 0 Å². The largest absolute Gasteiger partial charge is 0.340 e. The molecule has 1 aromatic heterocycles. The number of hydrogen-bond acceptors (Lipinski definition) is 2. The average molecular weight is 429 g/mol.